The van der Waals surface area contributed by atoms with Gasteiger partial charge in [0.1, 0.15) is 6.04 Å². The molecular weight excluding hydrogens is 342 g/mol. The summed E-state index contributed by atoms with van der Waals surface area (Å²) in [6.45, 7) is 5.26. The van der Waals surface area contributed by atoms with Gasteiger partial charge in [-0.05, 0) is 44.5 Å². The van der Waals surface area contributed by atoms with Crippen LogP contribution in [0.5, 0.6) is 0 Å². The van der Waals surface area contributed by atoms with Crippen LogP contribution in [0.15, 0.2) is 35.1 Å². The average Bonchev–Trinajstić information content (AvgIpc) is 2.53. The maximum absolute atomic E-state index is 12.2. The molecule has 0 aliphatic rings. The lowest BCUT2D eigenvalue weighted by molar-refractivity contribution is -0.122. The predicted octanol–water partition coefficient (Wildman–Crippen LogP) is 2.08. The number of pyridine rings is 1. The second kappa shape index (κ2) is 7.98. The zero-order valence-electron chi connectivity index (χ0n) is 14.3. The van der Waals surface area contributed by atoms with E-state index in [-0.39, 0.29) is 18.0 Å². The summed E-state index contributed by atoms with van der Waals surface area (Å²) >= 11 is 5.97. The second-order valence-electron chi connectivity index (χ2n) is 5.84. The van der Waals surface area contributed by atoms with E-state index in [1.54, 1.807) is 38.1 Å². The summed E-state index contributed by atoms with van der Waals surface area (Å²) < 4.78 is 0. The van der Waals surface area contributed by atoms with Gasteiger partial charge in [-0.1, -0.05) is 23.7 Å². The number of H-pyrrole nitrogens is 1. The zero-order valence-corrected chi connectivity index (χ0v) is 15.0. The van der Waals surface area contributed by atoms with Crippen molar-refractivity contribution in [3.63, 3.8) is 0 Å². The lowest BCUT2D eigenvalue weighted by Gasteiger charge is -2.15. The van der Waals surface area contributed by atoms with E-state index in [9.17, 15) is 14.4 Å². The van der Waals surface area contributed by atoms with Gasteiger partial charge in [0.25, 0.3) is 11.5 Å². The highest BCUT2D eigenvalue weighted by atomic mass is 35.5. The van der Waals surface area contributed by atoms with Gasteiger partial charge in [0.2, 0.25) is 5.91 Å². The van der Waals surface area contributed by atoms with Gasteiger partial charge in [-0.2, -0.15) is 0 Å². The molecule has 0 aliphatic heterocycles. The number of hydrogen-bond acceptors (Lipinski definition) is 3. The first-order chi connectivity index (χ1) is 11.8. The van der Waals surface area contributed by atoms with Crippen molar-refractivity contribution >= 4 is 23.4 Å². The monoisotopic (exact) mass is 361 g/mol. The average molecular weight is 362 g/mol. The third-order valence-corrected chi connectivity index (χ3v) is 4.12. The molecule has 1 atom stereocenters. The molecule has 6 nitrogen and oxygen atoms in total. The number of rotatable bonds is 5. The number of amides is 2. The summed E-state index contributed by atoms with van der Waals surface area (Å²) in [7, 11) is 0. The summed E-state index contributed by atoms with van der Waals surface area (Å²) in [5.41, 5.74) is 2.12. The van der Waals surface area contributed by atoms with Crippen molar-refractivity contribution in [2.24, 2.45) is 0 Å². The molecule has 1 aromatic heterocycles. The Bertz CT molecular complexity index is 861. The van der Waals surface area contributed by atoms with Crippen molar-refractivity contribution in [1.29, 1.82) is 0 Å². The molecule has 2 aromatic rings. The van der Waals surface area contributed by atoms with Crippen molar-refractivity contribution < 1.29 is 9.59 Å². The van der Waals surface area contributed by atoms with Crippen LogP contribution in [-0.2, 0) is 11.3 Å². The third-order valence-electron chi connectivity index (χ3n) is 3.79. The molecule has 2 rings (SSSR count). The highest BCUT2D eigenvalue weighted by Crippen LogP contribution is 2.14. The van der Waals surface area contributed by atoms with E-state index in [2.05, 4.69) is 15.6 Å². The van der Waals surface area contributed by atoms with Crippen LogP contribution in [0, 0.1) is 13.8 Å². The summed E-state index contributed by atoms with van der Waals surface area (Å²) in [5, 5.41) is 5.57. The SMILES string of the molecule is Cc1cc(C)c(CNC(=O)[C@H](C)NC(=O)c2ccccc2Cl)c(=O)[nH]1. The van der Waals surface area contributed by atoms with E-state index < -0.39 is 11.9 Å². The number of hydrogen-bond donors (Lipinski definition) is 3. The number of benzene rings is 1. The van der Waals surface area contributed by atoms with Gasteiger partial charge in [0.15, 0.2) is 0 Å². The molecule has 0 radical (unpaired) electrons. The van der Waals surface area contributed by atoms with Gasteiger partial charge in [-0.25, -0.2) is 0 Å². The predicted molar refractivity (Wildman–Crippen MR) is 96.8 cm³/mol. The fourth-order valence-corrected chi connectivity index (χ4v) is 2.64. The van der Waals surface area contributed by atoms with Gasteiger partial charge in [-0.15, -0.1) is 0 Å². The van der Waals surface area contributed by atoms with Crippen LogP contribution >= 0.6 is 11.6 Å². The molecule has 0 bridgehead atoms. The van der Waals surface area contributed by atoms with Crippen molar-refractivity contribution in [3.05, 3.63) is 68.1 Å². The minimum absolute atomic E-state index is 0.0899. The molecule has 1 aromatic carbocycles. The molecule has 2 amide bonds. The smallest absolute Gasteiger partial charge is 0.253 e. The molecule has 0 saturated carbocycles. The Morgan fingerprint density at radius 1 is 1.24 bits per heavy atom. The fraction of sp³-hybridized carbons (Fsp3) is 0.278. The topological polar surface area (TPSA) is 91.1 Å². The normalized spacial score (nSPS) is 11.7. The van der Waals surface area contributed by atoms with Crippen LogP contribution in [0.1, 0.15) is 34.1 Å². The summed E-state index contributed by atoms with van der Waals surface area (Å²) in [6, 6.07) is 7.67. The molecule has 3 N–H and O–H groups in total. The van der Waals surface area contributed by atoms with Crippen LogP contribution in [0.25, 0.3) is 0 Å². The number of nitrogens with one attached hydrogen (secondary N) is 3. The number of carbonyl (C=O) groups excluding carboxylic acids is 2. The molecule has 0 fully saturated rings. The van der Waals surface area contributed by atoms with Gasteiger partial charge < -0.3 is 15.6 Å². The van der Waals surface area contributed by atoms with Gasteiger partial charge in [-0.3, -0.25) is 14.4 Å². The first-order valence-electron chi connectivity index (χ1n) is 7.82. The summed E-state index contributed by atoms with van der Waals surface area (Å²) in [6.07, 6.45) is 0. The number of aryl methyl sites for hydroxylation is 2. The lowest BCUT2D eigenvalue weighted by atomic mass is 10.1. The number of aromatic nitrogens is 1. The van der Waals surface area contributed by atoms with E-state index in [0.29, 0.717) is 16.1 Å². The largest absolute Gasteiger partial charge is 0.350 e. The Morgan fingerprint density at radius 3 is 2.56 bits per heavy atom. The molecule has 0 aliphatic carbocycles. The molecular formula is C18H20ClN3O3. The van der Waals surface area contributed by atoms with Gasteiger partial charge >= 0.3 is 0 Å². The van der Waals surface area contributed by atoms with Crippen molar-refractivity contribution in [3.8, 4) is 0 Å². The maximum Gasteiger partial charge on any atom is 0.253 e. The summed E-state index contributed by atoms with van der Waals surface area (Å²) in [4.78, 5) is 39.0. The van der Waals surface area contributed by atoms with Crippen LogP contribution in [-0.4, -0.2) is 22.8 Å². The Kier molecular flexibility index (Phi) is 5.98. The molecule has 0 unspecified atom stereocenters. The Balaban J connectivity index is 1.98. The highest BCUT2D eigenvalue weighted by Gasteiger charge is 2.18. The minimum atomic E-state index is -0.770. The third kappa shape index (κ3) is 4.70. The van der Waals surface area contributed by atoms with E-state index in [0.717, 1.165) is 11.3 Å². The van der Waals surface area contributed by atoms with Crippen LogP contribution in [0.2, 0.25) is 5.02 Å². The van der Waals surface area contributed by atoms with Crippen LogP contribution < -0.4 is 16.2 Å². The van der Waals surface area contributed by atoms with Gasteiger partial charge in [0.05, 0.1) is 10.6 Å². The molecule has 25 heavy (non-hydrogen) atoms. The second-order valence-corrected chi connectivity index (χ2v) is 6.24. The quantitative estimate of drug-likeness (QED) is 0.761. The Morgan fingerprint density at radius 2 is 1.92 bits per heavy atom. The number of aromatic amines is 1. The molecule has 7 heteroatoms. The van der Waals surface area contributed by atoms with Crippen LogP contribution in [0.3, 0.4) is 0 Å². The lowest BCUT2D eigenvalue weighted by Crippen LogP contribution is -2.45. The van der Waals surface area contributed by atoms with E-state index in [4.69, 9.17) is 11.6 Å². The fourth-order valence-electron chi connectivity index (χ4n) is 2.42. The molecule has 1 heterocycles. The summed E-state index contributed by atoms with van der Waals surface area (Å²) in [5.74, 6) is -0.822. The number of halogens is 1. The molecule has 132 valence electrons. The highest BCUT2D eigenvalue weighted by molar-refractivity contribution is 6.33. The maximum atomic E-state index is 12.2. The zero-order chi connectivity index (χ0) is 18.6. The number of carbonyl (C=O) groups is 2. The van der Waals surface area contributed by atoms with E-state index >= 15 is 0 Å². The van der Waals surface area contributed by atoms with Crippen LogP contribution in [0.4, 0.5) is 0 Å². The van der Waals surface area contributed by atoms with Crippen molar-refractivity contribution in [2.45, 2.75) is 33.4 Å². The Labute approximate surface area is 150 Å². The first-order valence-corrected chi connectivity index (χ1v) is 8.20. The van der Waals surface area contributed by atoms with Gasteiger partial charge in [0, 0.05) is 17.8 Å². The molecule has 0 spiro atoms. The van der Waals surface area contributed by atoms with Crippen molar-refractivity contribution in [2.75, 3.05) is 0 Å². The Hall–Kier alpha value is -2.60. The minimum Gasteiger partial charge on any atom is -0.350 e. The van der Waals surface area contributed by atoms with Crippen molar-refractivity contribution in [1.82, 2.24) is 15.6 Å². The van der Waals surface area contributed by atoms with E-state index in [1.807, 2.05) is 13.0 Å². The molecule has 0 saturated heterocycles. The first kappa shape index (κ1) is 18.7. The standard InChI is InChI=1S/C18H20ClN3O3/c1-10-8-11(2)21-18(25)14(10)9-20-16(23)12(3)22-17(24)13-6-4-5-7-15(13)19/h4-8,12H,9H2,1-3H3,(H,20,23)(H,21,25)(H,22,24)/t12-/m0/s1. The van der Waals surface area contributed by atoms with E-state index in [1.165, 1.54) is 0 Å².